The van der Waals surface area contributed by atoms with Gasteiger partial charge in [0.05, 0.1) is 38.8 Å². The maximum atomic E-state index is 10.7. The molecule has 0 bridgehead atoms. The summed E-state index contributed by atoms with van der Waals surface area (Å²) in [6.45, 7) is 0. The molecule has 3 N–H and O–H groups in total. The first-order chi connectivity index (χ1) is 18.0. The lowest BCUT2D eigenvalue weighted by Crippen LogP contribution is -2.42. The van der Waals surface area contributed by atoms with Crippen molar-refractivity contribution in [2.24, 2.45) is 0 Å². The summed E-state index contributed by atoms with van der Waals surface area (Å²) < 4.78 is 16.4. The number of ether oxygens (including phenoxy) is 3. The molecule has 0 aromatic heterocycles. The predicted octanol–water partition coefficient (Wildman–Crippen LogP) is 5.87. The number of thiocarbonyl (C=S) groups is 1. The van der Waals surface area contributed by atoms with Crippen LogP contribution < -0.4 is 25.0 Å². The van der Waals surface area contributed by atoms with Crippen LogP contribution in [-0.4, -0.2) is 36.6 Å². The van der Waals surface area contributed by atoms with Crippen LogP contribution in [0.1, 0.15) is 17.2 Å². The first-order valence-corrected chi connectivity index (χ1v) is 12.1. The molecule has 1 unspecified atom stereocenters. The van der Waals surface area contributed by atoms with Crippen molar-refractivity contribution in [3.63, 3.8) is 0 Å². The van der Waals surface area contributed by atoms with Gasteiger partial charge in [0.25, 0.3) is 0 Å². The Labute approximate surface area is 220 Å². The number of hydrogen-bond donors (Lipinski definition) is 3. The summed E-state index contributed by atoms with van der Waals surface area (Å²) in [5, 5.41) is 18.4. The summed E-state index contributed by atoms with van der Waals surface area (Å²) in [4.78, 5) is 0. The quantitative estimate of drug-likeness (QED) is 0.277. The number of rotatable bonds is 6. The van der Waals surface area contributed by atoms with Gasteiger partial charge in [-0.1, -0.05) is 42.5 Å². The Bertz CT molecular complexity index is 1500. The molecule has 37 heavy (non-hydrogen) atoms. The zero-order valence-corrected chi connectivity index (χ0v) is 21.5. The molecule has 0 fully saturated rings. The van der Waals surface area contributed by atoms with E-state index in [9.17, 15) is 5.11 Å². The van der Waals surface area contributed by atoms with Crippen molar-refractivity contribution in [2.75, 3.05) is 26.6 Å². The summed E-state index contributed by atoms with van der Waals surface area (Å²) in [5.41, 5.74) is 6.52. The Morgan fingerprint density at radius 2 is 1.59 bits per heavy atom. The molecule has 0 saturated heterocycles. The molecule has 4 aromatic carbocycles. The van der Waals surface area contributed by atoms with Gasteiger partial charge < -0.3 is 24.6 Å². The minimum atomic E-state index is -0.290. The zero-order chi connectivity index (χ0) is 25.9. The number of nitrogens with zero attached hydrogens (tertiary/aromatic N) is 1. The van der Waals surface area contributed by atoms with E-state index in [0.29, 0.717) is 27.9 Å². The molecule has 0 amide bonds. The lowest BCUT2D eigenvalue weighted by atomic mass is 9.97. The van der Waals surface area contributed by atoms with E-state index in [1.54, 1.807) is 27.4 Å². The van der Waals surface area contributed by atoms with Gasteiger partial charge in [-0.25, -0.2) is 0 Å². The normalized spacial score (nSPS) is 14.6. The molecule has 1 aliphatic rings. The summed E-state index contributed by atoms with van der Waals surface area (Å²) in [5.74, 6) is 2.14. The van der Waals surface area contributed by atoms with E-state index in [-0.39, 0.29) is 11.8 Å². The maximum absolute atomic E-state index is 10.7. The van der Waals surface area contributed by atoms with Crippen LogP contribution in [0.15, 0.2) is 84.9 Å². The molecule has 0 spiro atoms. The van der Waals surface area contributed by atoms with Crippen molar-refractivity contribution in [3.05, 3.63) is 96.1 Å². The van der Waals surface area contributed by atoms with Crippen LogP contribution in [0.2, 0.25) is 0 Å². The molecule has 8 heteroatoms. The molecular formula is C29H27N3O4S. The average molecular weight is 514 g/mol. The Kier molecular flexibility index (Phi) is 6.74. The van der Waals surface area contributed by atoms with Gasteiger partial charge in [-0.15, -0.1) is 0 Å². The molecule has 1 atom stereocenters. The highest BCUT2D eigenvalue weighted by molar-refractivity contribution is 7.80. The van der Waals surface area contributed by atoms with Gasteiger partial charge in [0.2, 0.25) is 0 Å². The van der Waals surface area contributed by atoms with Gasteiger partial charge in [0.15, 0.2) is 5.11 Å². The lowest BCUT2D eigenvalue weighted by Gasteiger charge is -2.29. The van der Waals surface area contributed by atoms with Crippen molar-refractivity contribution < 1.29 is 19.3 Å². The zero-order valence-electron chi connectivity index (χ0n) is 20.7. The fourth-order valence-corrected chi connectivity index (χ4v) is 4.81. The minimum absolute atomic E-state index is 0.0990. The topological polar surface area (TPSA) is 75.2 Å². The van der Waals surface area contributed by atoms with Crippen LogP contribution in [0.3, 0.4) is 0 Å². The second kappa shape index (κ2) is 10.3. The van der Waals surface area contributed by atoms with E-state index in [4.69, 9.17) is 26.4 Å². The standard InChI is InChI=1S/C29H27N3O4S/c1-34-18-12-13-22(26(33)16-18)24-17-25(20-14-15-27(35-2)21-9-5-4-8-19(20)21)32(31-24)29(37)30-23-10-6-7-11-28(23)36-3/h4-17,25,31,33H,1-3H3,(H,30,37). The van der Waals surface area contributed by atoms with E-state index in [1.807, 2.05) is 77.8 Å². The Hall–Kier alpha value is -4.43. The highest BCUT2D eigenvalue weighted by Crippen LogP contribution is 2.40. The number of benzene rings is 4. The third-order valence-corrected chi connectivity index (χ3v) is 6.66. The number of hydrogen-bond acceptors (Lipinski definition) is 6. The number of anilines is 1. The first-order valence-electron chi connectivity index (χ1n) is 11.7. The molecular weight excluding hydrogens is 486 g/mol. The van der Waals surface area contributed by atoms with E-state index >= 15 is 0 Å². The van der Waals surface area contributed by atoms with E-state index < -0.39 is 0 Å². The van der Waals surface area contributed by atoms with Gasteiger partial charge in [0, 0.05) is 17.0 Å². The molecule has 4 aromatic rings. The van der Waals surface area contributed by atoms with Gasteiger partial charge in [-0.3, -0.25) is 10.4 Å². The van der Waals surface area contributed by atoms with Crippen LogP contribution in [0.4, 0.5) is 5.69 Å². The van der Waals surface area contributed by atoms with Gasteiger partial charge >= 0.3 is 0 Å². The Morgan fingerprint density at radius 1 is 0.865 bits per heavy atom. The number of hydrazine groups is 1. The second-order valence-electron chi connectivity index (χ2n) is 8.42. The number of fused-ring (bicyclic) bond motifs is 1. The molecule has 7 nitrogen and oxygen atoms in total. The number of para-hydroxylation sites is 2. The summed E-state index contributed by atoms with van der Waals surface area (Å²) in [6, 6.07) is 24.6. The van der Waals surface area contributed by atoms with Gasteiger partial charge in [0.1, 0.15) is 23.0 Å². The van der Waals surface area contributed by atoms with Crippen molar-refractivity contribution in [3.8, 4) is 23.0 Å². The fourth-order valence-electron chi connectivity index (χ4n) is 4.55. The third-order valence-electron chi connectivity index (χ3n) is 6.36. The largest absolute Gasteiger partial charge is 0.507 e. The smallest absolute Gasteiger partial charge is 0.193 e. The van der Waals surface area contributed by atoms with Crippen LogP contribution in [0.5, 0.6) is 23.0 Å². The van der Waals surface area contributed by atoms with Crippen molar-refractivity contribution in [1.29, 1.82) is 0 Å². The number of nitrogens with one attached hydrogen (secondary N) is 2. The summed E-state index contributed by atoms with van der Waals surface area (Å²) >= 11 is 5.88. The fraction of sp³-hybridized carbons (Fsp3) is 0.138. The van der Waals surface area contributed by atoms with Crippen molar-refractivity contribution in [1.82, 2.24) is 10.4 Å². The molecule has 1 aliphatic heterocycles. The highest BCUT2D eigenvalue weighted by Gasteiger charge is 2.31. The number of aromatic hydroxyl groups is 1. The van der Waals surface area contributed by atoms with Crippen LogP contribution in [0, 0.1) is 0 Å². The predicted molar refractivity (Wildman–Crippen MR) is 150 cm³/mol. The number of methoxy groups -OCH3 is 3. The highest BCUT2D eigenvalue weighted by atomic mass is 32.1. The Morgan fingerprint density at radius 3 is 2.32 bits per heavy atom. The van der Waals surface area contributed by atoms with Crippen molar-refractivity contribution in [2.45, 2.75) is 6.04 Å². The second-order valence-corrected chi connectivity index (χ2v) is 8.81. The number of phenols is 1. The van der Waals surface area contributed by atoms with E-state index in [1.165, 1.54) is 0 Å². The molecule has 0 saturated carbocycles. The Balaban J connectivity index is 1.59. The minimum Gasteiger partial charge on any atom is -0.507 e. The third kappa shape index (κ3) is 4.59. The van der Waals surface area contributed by atoms with E-state index in [2.05, 4.69) is 16.8 Å². The van der Waals surface area contributed by atoms with Gasteiger partial charge in [-0.05, 0) is 59.6 Å². The van der Waals surface area contributed by atoms with Gasteiger partial charge in [-0.2, -0.15) is 0 Å². The maximum Gasteiger partial charge on any atom is 0.193 e. The lowest BCUT2D eigenvalue weighted by molar-refractivity contribution is 0.348. The molecule has 188 valence electrons. The summed E-state index contributed by atoms with van der Waals surface area (Å²) in [7, 11) is 4.85. The molecule has 1 heterocycles. The van der Waals surface area contributed by atoms with Crippen LogP contribution >= 0.6 is 12.2 Å². The molecule has 0 aliphatic carbocycles. The van der Waals surface area contributed by atoms with E-state index in [0.717, 1.165) is 27.8 Å². The number of phenolic OH excluding ortho intramolecular Hbond substituents is 1. The van der Waals surface area contributed by atoms with Crippen LogP contribution in [-0.2, 0) is 0 Å². The summed E-state index contributed by atoms with van der Waals surface area (Å²) in [6.07, 6.45) is 2.05. The molecule has 5 rings (SSSR count). The SMILES string of the molecule is COc1ccc(C2=CC(c3ccc(OC)c4ccccc34)N(C(=S)Nc3ccccc3OC)N2)c(O)c1. The van der Waals surface area contributed by atoms with Crippen LogP contribution in [0.25, 0.3) is 16.5 Å². The van der Waals surface area contributed by atoms with Crippen molar-refractivity contribution >= 4 is 39.5 Å². The first kappa shape index (κ1) is 24.3. The molecule has 0 radical (unpaired) electrons. The average Bonchev–Trinajstić information content (AvgIpc) is 3.37. The monoisotopic (exact) mass is 513 g/mol.